The van der Waals surface area contributed by atoms with Gasteiger partial charge in [-0.15, -0.1) is 0 Å². The average Bonchev–Trinajstić information content (AvgIpc) is 2.86. The molecule has 0 N–H and O–H groups in total. The lowest BCUT2D eigenvalue weighted by atomic mass is 9.99. The van der Waals surface area contributed by atoms with Gasteiger partial charge in [0.2, 0.25) is 0 Å². The third-order valence-electron chi connectivity index (χ3n) is 7.36. The number of hydrogen-bond acceptors (Lipinski definition) is 5. The fourth-order valence-corrected chi connectivity index (χ4v) is 6.26. The fraction of sp³-hybridized carbons (Fsp3) is 0.543. The maximum Gasteiger partial charge on any atom is 0.162 e. The normalized spacial score (nSPS) is 11.8. The summed E-state index contributed by atoms with van der Waals surface area (Å²) >= 11 is 0. The van der Waals surface area contributed by atoms with E-state index in [9.17, 15) is 23.7 Å². The van der Waals surface area contributed by atoms with Gasteiger partial charge in [0, 0.05) is 52.8 Å². The standard InChI is InChI=1S/C31H41O5P.4CH4/c1-6-7-10-28(33)26-17-19-27(20-18-26)30(35)12-9-22-37(5,36)31(3,4)21-8-11-29(34)25-15-13-24(14-16-25)23(2)32;;;;/h13-20H,6-12,21-22H2,1-5H3;4*1H4. The monoisotopic (exact) mass is 588 g/mol. The summed E-state index contributed by atoms with van der Waals surface area (Å²) in [6.07, 6.45) is 5.31. The van der Waals surface area contributed by atoms with Crippen molar-refractivity contribution in [1.82, 2.24) is 0 Å². The molecule has 1 atom stereocenters. The average molecular weight is 589 g/mol. The van der Waals surface area contributed by atoms with E-state index in [0.29, 0.717) is 66.9 Å². The molecule has 0 amide bonds. The summed E-state index contributed by atoms with van der Waals surface area (Å²) in [5, 5.41) is -0.435. The van der Waals surface area contributed by atoms with Gasteiger partial charge in [-0.3, -0.25) is 19.2 Å². The van der Waals surface area contributed by atoms with Gasteiger partial charge in [-0.1, -0.05) is 105 Å². The number of rotatable bonds is 16. The van der Waals surface area contributed by atoms with E-state index in [0.717, 1.165) is 12.8 Å². The van der Waals surface area contributed by atoms with E-state index in [1.807, 2.05) is 20.8 Å². The Morgan fingerprint density at radius 1 is 0.634 bits per heavy atom. The summed E-state index contributed by atoms with van der Waals surface area (Å²) < 4.78 is 13.5. The van der Waals surface area contributed by atoms with Gasteiger partial charge in [0.15, 0.2) is 23.1 Å². The molecule has 1 unspecified atom stereocenters. The Morgan fingerprint density at radius 3 is 1.34 bits per heavy atom. The van der Waals surface area contributed by atoms with Gasteiger partial charge in [-0.25, -0.2) is 0 Å². The third-order valence-corrected chi connectivity index (χ3v) is 11.3. The van der Waals surface area contributed by atoms with Crippen molar-refractivity contribution >= 4 is 30.3 Å². The van der Waals surface area contributed by atoms with Crippen LogP contribution in [0.5, 0.6) is 0 Å². The van der Waals surface area contributed by atoms with Gasteiger partial charge < -0.3 is 4.57 Å². The molecule has 0 saturated carbocycles. The van der Waals surface area contributed by atoms with E-state index in [1.54, 1.807) is 55.2 Å². The van der Waals surface area contributed by atoms with Crippen molar-refractivity contribution in [3.8, 4) is 0 Å². The van der Waals surface area contributed by atoms with E-state index in [1.165, 1.54) is 6.92 Å². The lowest BCUT2D eigenvalue weighted by Crippen LogP contribution is -2.22. The van der Waals surface area contributed by atoms with Crippen LogP contribution in [0.4, 0.5) is 0 Å². The van der Waals surface area contributed by atoms with E-state index in [2.05, 4.69) is 0 Å². The fourth-order valence-electron chi connectivity index (χ4n) is 4.27. The number of carbonyl (C=O) groups excluding carboxylic acids is 4. The molecule has 2 aromatic carbocycles. The Kier molecular flexibility index (Phi) is 20.3. The van der Waals surface area contributed by atoms with E-state index < -0.39 is 12.3 Å². The highest BCUT2D eigenvalue weighted by atomic mass is 31.2. The maximum atomic E-state index is 13.5. The van der Waals surface area contributed by atoms with E-state index in [-0.39, 0.29) is 52.8 Å². The minimum absolute atomic E-state index is 0. The molecule has 0 fully saturated rings. The quantitative estimate of drug-likeness (QED) is 0.144. The molecule has 0 aliphatic carbocycles. The molecule has 0 aliphatic heterocycles. The molecule has 0 bridgehead atoms. The Balaban J connectivity index is -0.00000361. The Bertz CT molecular complexity index is 1140. The smallest absolute Gasteiger partial charge is 0.162 e. The largest absolute Gasteiger partial charge is 0.323 e. The minimum atomic E-state index is -2.57. The summed E-state index contributed by atoms with van der Waals surface area (Å²) in [6, 6.07) is 13.6. The van der Waals surface area contributed by atoms with Crippen LogP contribution in [0.3, 0.4) is 0 Å². The van der Waals surface area contributed by atoms with Crippen LogP contribution in [-0.2, 0) is 4.57 Å². The predicted octanol–water partition coefficient (Wildman–Crippen LogP) is 10.6. The first-order valence-electron chi connectivity index (χ1n) is 13.3. The van der Waals surface area contributed by atoms with Gasteiger partial charge in [0.05, 0.1) is 7.14 Å². The van der Waals surface area contributed by atoms with Crippen molar-refractivity contribution in [2.45, 2.75) is 114 Å². The second-order valence-corrected chi connectivity index (χ2v) is 14.5. The minimum Gasteiger partial charge on any atom is -0.323 e. The molecule has 0 radical (unpaired) electrons. The zero-order chi connectivity index (χ0) is 27.6. The first-order chi connectivity index (χ1) is 17.4. The van der Waals surface area contributed by atoms with Crippen molar-refractivity contribution in [2.75, 3.05) is 12.8 Å². The molecule has 0 aromatic heterocycles. The number of ketones is 4. The van der Waals surface area contributed by atoms with Crippen LogP contribution < -0.4 is 0 Å². The predicted molar refractivity (Wildman–Crippen MR) is 178 cm³/mol. The topological polar surface area (TPSA) is 85.3 Å². The highest BCUT2D eigenvalue weighted by Gasteiger charge is 2.35. The molecule has 41 heavy (non-hydrogen) atoms. The van der Waals surface area contributed by atoms with Crippen molar-refractivity contribution < 1.29 is 23.7 Å². The molecule has 2 rings (SSSR count). The van der Waals surface area contributed by atoms with Crippen molar-refractivity contribution in [1.29, 1.82) is 0 Å². The van der Waals surface area contributed by atoms with Gasteiger partial charge in [0.1, 0.15) is 0 Å². The van der Waals surface area contributed by atoms with Crippen LogP contribution in [0, 0.1) is 0 Å². The zero-order valence-corrected chi connectivity index (χ0v) is 23.9. The van der Waals surface area contributed by atoms with Crippen LogP contribution >= 0.6 is 7.14 Å². The molecule has 2 aromatic rings. The lowest BCUT2D eigenvalue weighted by molar-refractivity contribution is 0.0969. The van der Waals surface area contributed by atoms with Crippen molar-refractivity contribution in [2.24, 2.45) is 0 Å². The summed E-state index contributed by atoms with van der Waals surface area (Å²) in [6.45, 7) is 9.31. The van der Waals surface area contributed by atoms with Crippen LogP contribution in [-0.4, -0.2) is 41.1 Å². The van der Waals surface area contributed by atoms with Gasteiger partial charge in [-0.2, -0.15) is 0 Å². The van der Waals surface area contributed by atoms with Crippen LogP contribution in [0.15, 0.2) is 48.5 Å². The van der Waals surface area contributed by atoms with Crippen molar-refractivity contribution in [3.63, 3.8) is 0 Å². The molecule has 6 heteroatoms. The lowest BCUT2D eigenvalue weighted by Gasteiger charge is -2.32. The number of benzene rings is 2. The summed E-state index contributed by atoms with van der Waals surface area (Å²) in [4.78, 5) is 48.7. The summed E-state index contributed by atoms with van der Waals surface area (Å²) in [5.41, 5.74) is 2.38. The Labute approximate surface area is 251 Å². The third kappa shape index (κ3) is 12.8. The Hall–Kier alpha value is -2.65. The number of hydrogen-bond donors (Lipinski definition) is 0. The van der Waals surface area contributed by atoms with Crippen LogP contribution in [0.2, 0.25) is 0 Å². The maximum absolute atomic E-state index is 13.5. The summed E-state index contributed by atoms with van der Waals surface area (Å²) in [5.74, 6) is 0.0724. The molecule has 232 valence electrons. The van der Waals surface area contributed by atoms with Gasteiger partial charge >= 0.3 is 0 Å². The molecule has 0 saturated heterocycles. The van der Waals surface area contributed by atoms with E-state index >= 15 is 0 Å². The molecular formula is C35H57O5P. The first-order valence-corrected chi connectivity index (χ1v) is 15.6. The van der Waals surface area contributed by atoms with Crippen LogP contribution in [0.25, 0.3) is 0 Å². The van der Waals surface area contributed by atoms with Crippen molar-refractivity contribution in [3.05, 3.63) is 70.8 Å². The summed E-state index contributed by atoms with van der Waals surface area (Å²) in [7, 11) is -2.57. The Morgan fingerprint density at radius 2 is 0.976 bits per heavy atom. The molecule has 0 aliphatic rings. The van der Waals surface area contributed by atoms with E-state index in [4.69, 9.17) is 0 Å². The molecule has 5 nitrogen and oxygen atoms in total. The first kappa shape index (κ1) is 42.8. The zero-order valence-electron chi connectivity index (χ0n) is 23.0. The van der Waals surface area contributed by atoms with Crippen LogP contribution in [0.1, 0.15) is 150 Å². The second kappa shape index (κ2) is 19.5. The number of unbranched alkanes of at least 4 members (excludes halogenated alkanes) is 1. The van der Waals surface area contributed by atoms with Gasteiger partial charge in [-0.05, 0) is 39.3 Å². The SMILES string of the molecule is C.C.C.C.CCCCC(=O)c1ccc(C(=O)CCCP(C)(=O)C(C)(C)CCCC(=O)c2ccc(C(C)=O)cc2)cc1. The molecule has 0 heterocycles. The number of carbonyl (C=O) groups is 4. The highest BCUT2D eigenvalue weighted by molar-refractivity contribution is 7.64. The van der Waals surface area contributed by atoms with Gasteiger partial charge in [0.25, 0.3) is 0 Å². The molecule has 0 spiro atoms. The highest BCUT2D eigenvalue weighted by Crippen LogP contribution is 2.57. The number of Topliss-reactive ketones (excluding diaryl/α,β-unsaturated/α-hetero) is 4. The second-order valence-electron chi connectivity index (χ2n) is 10.7. The molecular weight excluding hydrogens is 531 g/mol.